The standard InChI is InChI=1S/C11H9ClN4/c1-6-4-3-5-16-10(6)15-8-9(12)13-7(2)14-11(8)16/h3-5H,1-2H3. The van der Waals surface area contributed by atoms with Gasteiger partial charge in [0.05, 0.1) is 0 Å². The first kappa shape index (κ1) is 9.54. The van der Waals surface area contributed by atoms with Gasteiger partial charge in [-0.1, -0.05) is 17.7 Å². The van der Waals surface area contributed by atoms with E-state index in [0.29, 0.717) is 16.5 Å². The fraction of sp³-hybridized carbons (Fsp3) is 0.182. The van der Waals surface area contributed by atoms with E-state index in [2.05, 4.69) is 15.0 Å². The summed E-state index contributed by atoms with van der Waals surface area (Å²) in [7, 11) is 0. The van der Waals surface area contributed by atoms with Crippen LogP contribution in [-0.4, -0.2) is 19.4 Å². The van der Waals surface area contributed by atoms with Crippen LogP contribution in [0.4, 0.5) is 0 Å². The van der Waals surface area contributed by atoms with Crippen molar-refractivity contribution >= 4 is 28.4 Å². The minimum atomic E-state index is 0.408. The van der Waals surface area contributed by atoms with Crippen LogP contribution in [0.2, 0.25) is 5.15 Å². The number of hydrogen-bond donors (Lipinski definition) is 0. The molecule has 0 aliphatic heterocycles. The fourth-order valence-corrected chi connectivity index (χ4v) is 2.06. The van der Waals surface area contributed by atoms with Gasteiger partial charge in [0.25, 0.3) is 0 Å². The molecule has 0 spiro atoms. The molecule has 0 radical (unpaired) electrons. The van der Waals surface area contributed by atoms with E-state index >= 15 is 0 Å². The summed E-state index contributed by atoms with van der Waals surface area (Å²) < 4.78 is 1.94. The number of hydrogen-bond acceptors (Lipinski definition) is 3. The molecule has 0 aliphatic carbocycles. The van der Waals surface area contributed by atoms with Crippen molar-refractivity contribution in [3.05, 3.63) is 34.9 Å². The molecule has 0 aromatic carbocycles. The SMILES string of the molecule is Cc1nc(Cl)c2nc3c(C)cccn3c2n1. The largest absolute Gasteiger partial charge is 0.284 e. The molecule has 5 heteroatoms. The lowest BCUT2D eigenvalue weighted by molar-refractivity contribution is 1.06. The second kappa shape index (κ2) is 3.15. The molecule has 3 heterocycles. The van der Waals surface area contributed by atoms with Gasteiger partial charge in [0, 0.05) is 6.20 Å². The zero-order valence-electron chi connectivity index (χ0n) is 8.90. The number of pyridine rings is 1. The average Bonchev–Trinajstić information content (AvgIpc) is 2.59. The van der Waals surface area contributed by atoms with Gasteiger partial charge >= 0.3 is 0 Å². The van der Waals surface area contributed by atoms with Crippen molar-refractivity contribution in [2.24, 2.45) is 0 Å². The first-order chi connectivity index (χ1) is 7.66. The molecule has 3 aromatic rings. The summed E-state index contributed by atoms with van der Waals surface area (Å²) >= 11 is 6.06. The average molecular weight is 233 g/mol. The van der Waals surface area contributed by atoms with Gasteiger partial charge in [-0.3, -0.25) is 4.40 Å². The Bertz CT molecular complexity index is 702. The Morgan fingerprint density at radius 1 is 1.12 bits per heavy atom. The summed E-state index contributed by atoms with van der Waals surface area (Å²) in [5, 5.41) is 0.408. The lowest BCUT2D eigenvalue weighted by Gasteiger charge is -1.97. The Kier molecular flexibility index (Phi) is 1.88. The predicted octanol–water partition coefficient (Wildman–Crippen LogP) is 2.55. The number of aromatic nitrogens is 4. The molecule has 0 N–H and O–H groups in total. The van der Waals surface area contributed by atoms with Crippen LogP contribution in [0.5, 0.6) is 0 Å². The topological polar surface area (TPSA) is 43.1 Å². The first-order valence-electron chi connectivity index (χ1n) is 4.94. The minimum absolute atomic E-state index is 0.408. The van der Waals surface area contributed by atoms with Gasteiger partial charge in [-0.15, -0.1) is 0 Å². The summed E-state index contributed by atoms with van der Waals surface area (Å²) in [6.45, 7) is 3.83. The van der Waals surface area contributed by atoms with Crippen molar-refractivity contribution < 1.29 is 0 Å². The third-order valence-electron chi connectivity index (χ3n) is 2.54. The van der Waals surface area contributed by atoms with Gasteiger partial charge < -0.3 is 0 Å². The van der Waals surface area contributed by atoms with E-state index in [9.17, 15) is 0 Å². The van der Waals surface area contributed by atoms with Crippen molar-refractivity contribution in [2.45, 2.75) is 13.8 Å². The molecule has 3 aromatic heterocycles. The smallest absolute Gasteiger partial charge is 0.169 e. The number of nitrogens with zero attached hydrogens (tertiary/aromatic N) is 4. The second-order valence-electron chi connectivity index (χ2n) is 3.73. The van der Waals surface area contributed by atoms with Gasteiger partial charge in [-0.2, -0.15) is 0 Å². The monoisotopic (exact) mass is 232 g/mol. The van der Waals surface area contributed by atoms with Gasteiger partial charge in [0.15, 0.2) is 10.8 Å². The summed E-state index contributed by atoms with van der Waals surface area (Å²) in [5.41, 5.74) is 3.38. The van der Waals surface area contributed by atoms with E-state index < -0.39 is 0 Å². The van der Waals surface area contributed by atoms with Crippen LogP contribution < -0.4 is 0 Å². The normalized spacial score (nSPS) is 11.4. The van der Waals surface area contributed by atoms with Crippen LogP contribution in [0, 0.1) is 13.8 Å². The van der Waals surface area contributed by atoms with Gasteiger partial charge in [-0.05, 0) is 25.5 Å². The summed E-state index contributed by atoms with van der Waals surface area (Å²) in [6, 6.07) is 3.98. The number of imidazole rings is 1. The highest BCUT2D eigenvalue weighted by Crippen LogP contribution is 2.22. The van der Waals surface area contributed by atoms with Crippen molar-refractivity contribution in [3.63, 3.8) is 0 Å². The molecule has 16 heavy (non-hydrogen) atoms. The highest BCUT2D eigenvalue weighted by atomic mass is 35.5. The van der Waals surface area contributed by atoms with Crippen LogP contribution in [0.1, 0.15) is 11.4 Å². The highest BCUT2D eigenvalue weighted by molar-refractivity contribution is 6.33. The molecule has 0 saturated heterocycles. The van der Waals surface area contributed by atoms with Crippen LogP contribution in [0.3, 0.4) is 0 Å². The number of rotatable bonds is 0. The van der Waals surface area contributed by atoms with Crippen molar-refractivity contribution in [1.29, 1.82) is 0 Å². The maximum Gasteiger partial charge on any atom is 0.169 e. The fourth-order valence-electron chi connectivity index (χ4n) is 1.81. The zero-order valence-corrected chi connectivity index (χ0v) is 9.65. The molecule has 0 atom stereocenters. The Morgan fingerprint density at radius 3 is 2.75 bits per heavy atom. The van der Waals surface area contributed by atoms with E-state index in [1.54, 1.807) is 0 Å². The van der Waals surface area contributed by atoms with E-state index in [1.807, 2.05) is 36.6 Å². The molecular formula is C11H9ClN4. The first-order valence-corrected chi connectivity index (χ1v) is 5.32. The molecule has 0 bridgehead atoms. The Labute approximate surface area is 96.9 Å². The maximum atomic E-state index is 6.06. The number of aryl methyl sites for hydroxylation is 2. The molecular weight excluding hydrogens is 224 g/mol. The van der Waals surface area contributed by atoms with E-state index in [1.165, 1.54) is 0 Å². The molecule has 0 fully saturated rings. The molecule has 0 unspecified atom stereocenters. The summed E-state index contributed by atoms with van der Waals surface area (Å²) in [4.78, 5) is 12.9. The Morgan fingerprint density at radius 2 is 1.94 bits per heavy atom. The molecule has 4 nitrogen and oxygen atoms in total. The molecule has 0 saturated carbocycles. The van der Waals surface area contributed by atoms with Crippen LogP contribution in [0.25, 0.3) is 16.8 Å². The molecule has 0 amide bonds. The van der Waals surface area contributed by atoms with Crippen molar-refractivity contribution in [1.82, 2.24) is 19.4 Å². The second-order valence-corrected chi connectivity index (χ2v) is 4.09. The van der Waals surface area contributed by atoms with Crippen LogP contribution >= 0.6 is 11.6 Å². The molecule has 80 valence electrons. The molecule has 3 rings (SSSR count). The third kappa shape index (κ3) is 1.20. The van der Waals surface area contributed by atoms with Crippen molar-refractivity contribution in [3.8, 4) is 0 Å². The lowest BCUT2D eigenvalue weighted by Crippen LogP contribution is -1.92. The summed E-state index contributed by atoms with van der Waals surface area (Å²) in [5.74, 6) is 0.654. The Balaban J connectivity index is 2.61. The van der Waals surface area contributed by atoms with Gasteiger partial charge in [-0.25, -0.2) is 15.0 Å². The van der Waals surface area contributed by atoms with Crippen LogP contribution in [0.15, 0.2) is 18.3 Å². The highest BCUT2D eigenvalue weighted by Gasteiger charge is 2.11. The van der Waals surface area contributed by atoms with Gasteiger partial charge in [0.1, 0.15) is 17.0 Å². The minimum Gasteiger partial charge on any atom is -0.284 e. The zero-order chi connectivity index (χ0) is 11.3. The number of halogens is 1. The Hall–Kier alpha value is -1.68. The van der Waals surface area contributed by atoms with Crippen molar-refractivity contribution in [2.75, 3.05) is 0 Å². The third-order valence-corrected chi connectivity index (χ3v) is 2.81. The summed E-state index contributed by atoms with van der Waals surface area (Å²) in [6.07, 6.45) is 1.93. The van der Waals surface area contributed by atoms with E-state index in [0.717, 1.165) is 16.9 Å². The maximum absolute atomic E-state index is 6.06. The molecule has 0 aliphatic rings. The number of fused-ring (bicyclic) bond motifs is 3. The van der Waals surface area contributed by atoms with Gasteiger partial charge in [0.2, 0.25) is 0 Å². The van der Waals surface area contributed by atoms with E-state index in [-0.39, 0.29) is 0 Å². The van der Waals surface area contributed by atoms with Crippen LogP contribution in [-0.2, 0) is 0 Å². The quantitative estimate of drug-likeness (QED) is 0.560. The van der Waals surface area contributed by atoms with E-state index in [4.69, 9.17) is 11.6 Å². The predicted molar refractivity (Wildman–Crippen MR) is 62.8 cm³/mol. The lowest BCUT2D eigenvalue weighted by atomic mass is 10.3.